The average Bonchev–Trinajstić information content (AvgIpc) is 2.22. The van der Waals surface area contributed by atoms with E-state index in [4.69, 9.17) is 0 Å². The van der Waals surface area contributed by atoms with E-state index in [1.807, 2.05) is 0 Å². The lowest BCUT2D eigenvalue weighted by Crippen LogP contribution is -2.45. The van der Waals surface area contributed by atoms with E-state index in [1.165, 1.54) is 19.3 Å². The Kier molecular flexibility index (Phi) is 8.89. The van der Waals surface area contributed by atoms with Crippen molar-refractivity contribution >= 4 is 0 Å². The Morgan fingerprint density at radius 2 is 1.53 bits per heavy atom. The van der Waals surface area contributed by atoms with Crippen LogP contribution in [0.4, 0.5) is 0 Å². The summed E-state index contributed by atoms with van der Waals surface area (Å²) in [7, 11) is 4.41. The number of nitrogens with zero attached hydrogens (tertiary/aromatic N) is 1. The normalized spacial score (nSPS) is 15.9. The number of likely N-dealkylation sites (N-methyl/N-ethyl adjacent to an activating group) is 1. The van der Waals surface area contributed by atoms with Crippen molar-refractivity contribution in [1.29, 1.82) is 0 Å². The van der Waals surface area contributed by atoms with Crippen LogP contribution >= 0.6 is 0 Å². The van der Waals surface area contributed by atoms with Gasteiger partial charge in [0.05, 0.1) is 0 Å². The molecule has 1 N–H and O–H groups in total. The molecule has 2 unspecified atom stereocenters. The lowest BCUT2D eigenvalue weighted by atomic mass is 9.93. The van der Waals surface area contributed by atoms with E-state index in [-0.39, 0.29) is 0 Å². The Hall–Kier alpha value is -0.0800. The van der Waals surface area contributed by atoms with E-state index in [0.717, 1.165) is 18.4 Å². The standard InChI is InChI=1S/C15H34N2/c1-8-14(9-2)15(17(6)7)11-16-13(5)10-12(3)4/h12-16H,8-11H2,1-7H3. The van der Waals surface area contributed by atoms with Crippen molar-refractivity contribution in [3.8, 4) is 0 Å². The minimum absolute atomic E-state index is 0.631. The first-order valence-corrected chi connectivity index (χ1v) is 7.32. The van der Waals surface area contributed by atoms with E-state index in [0.29, 0.717) is 12.1 Å². The predicted molar refractivity (Wildman–Crippen MR) is 78.5 cm³/mol. The molecule has 0 radical (unpaired) electrons. The summed E-state index contributed by atoms with van der Waals surface area (Å²) >= 11 is 0. The Morgan fingerprint density at radius 1 is 1.00 bits per heavy atom. The van der Waals surface area contributed by atoms with Gasteiger partial charge in [-0.2, -0.15) is 0 Å². The van der Waals surface area contributed by atoms with Crippen molar-refractivity contribution in [3.05, 3.63) is 0 Å². The number of nitrogens with one attached hydrogen (secondary N) is 1. The van der Waals surface area contributed by atoms with Crippen LogP contribution in [0.2, 0.25) is 0 Å². The maximum absolute atomic E-state index is 3.70. The Balaban J connectivity index is 4.17. The van der Waals surface area contributed by atoms with E-state index < -0.39 is 0 Å². The molecule has 0 aliphatic carbocycles. The second kappa shape index (κ2) is 8.93. The van der Waals surface area contributed by atoms with Crippen molar-refractivity contribution in [3.63, 3.8) is 0 Å². The maximum atomic E-state index is 3.70. The van der Waals surface area contributed by atoms with Crippen LogP contribution in [-0.2, 0) is 0 Å². The third kappa shape index (κ3) is 7.05. The lowest BCUT2D eigenvalue weighted by molar-refractivity contribution is 0.188. The summed E-state index contributed by atoms with van der Waals surface area (Å²) in [5.74, 6) is 1.59. The van der Waals surface area contributed by atoms with Gasteiger partial charge in [-0.05, 0) is 39.3 Å². The maximum Gasteiger partial charge on any atom is 0.0242 e. The van der Waals surface area contributed by atoms with Crippen LogP contribution in [0.25, 0.3) is 0 Å². The second-order valence-electron chi connectivity index (χ2n) is 6.05. The van der Waals surface area contributed by atoms with Gasteiger partial charge < -0.3 is 10.2 Å². The predicted octanol–water partition coefficient (Wildman–Crippen LogP) is 3.38. The molecule has 2 heteroatoms. The van der Waals surface area contributed by atoms with E-state index in [2.05, 4.69) is 58.9 Å². The number of rotatable bonds is 9. The third-order valence-electron chi connectivity index (χ3n) is 3.76. The fourth-order valence-corrected chi connectivity index (χ4v) is 2.72. The van der Waals surface area contributed by atoms with Gasteiger partial charge in [-0.15, -0.1) is 0 Å². The summed E-state index contributed by atoms with van der Waals surface area (Å²) in [6.07, 6.45) is 3.82. The summed E-state index contributed by atoms with van der Waals surface area (Å²) in [5, 5.41) is 3.70. The molecule has 0 aliphatic heterocycles. The molecular formula is C15H34N2. The summed E-state index contributed by atoms with van der Waals surface area (Å²) in [6, 6.07) is 1.30. The summed E-state index contributed by atoms with van der Waals surface area (Å²) < 4.78 is 0. The Morgan fingerprint density at radius 3 is 1.88 bits per heavy atom. The van der Waals surface area contributed by atoms with Crippen molar-refractivity contribution in [2.45, 2.75) is 66.0 Å². The van der Waals surface area contributed by atoms with Crippen LogP contribution in [0.1, 0.15) is 53.9 Å². The van der Waals surface area contributed by atoms with Gasteiger partial charge in [-0.3, -0.25) is 0 Å². The highest BCUT2D eigenvalue weighted by Crippen LogP contribution is 2.16. The zero-order chi connectivity index (χ0) is 13.4. The highest BCUT2D eigenvalue weighted by atomic mass is 15.1. The van der Waals surface area contributed by atoms with Gasteiger partial charge in [-0.1, -0.05) is 40.5 Å². The van der Waals surface area contributed by atoms with Gasteiger partial charge in [0.2, 0.25) is 0 Å². The van der Waals surface area contributed by atoms with Gasteiger partial charge in [-0.25, -0.2) is 0 Å². The minimum Gasteiger partial charge on any atom is -0.313 e. The second-order valence-corrected chi connectivity index (χ2v) is 6.05. The number of hydrogen-bond acceptors (Lipinski definition) is 2. The molecule has 0 aromatic heterocycles. The zero-order valence-corrected chi connectivity index (χ0v) is 13.1. The van der Waals surface area contributed by atoms with Crippen LogP contribution in [0, 0.1) is 11.8 Å². The minimum atomic E-state index is 0.631. The van der Waals surface area contributed by atoms with Crippen molar-refractivity contribution in [2.75, 3.05) is 20.6 Å². The smallest absolute Gasteiger partial charge is 0.0242 e. The molecule has 0 heterocycles. The van der Waals surface area contributed by atoms with Crippen molar-refractivity contribution < 1.29 is 0 Å². The van der Waals surface area contributed by atoms with E-state index in [9.17, 15) is 0 Å². The van der Waals surface area contributed by atoms with Gasteiger partial charge in [0.15, 0.2) is 0 Å². The summed E-state index contributed by atoms with van der Waals surface area (Å²) in [5.41, 5.74) is 0. The summed E-state index contributed by atoms with van der Waals surface area (Å²) in [4.78, 5) is 2.38. The first-order chi connectivity index (χ1) is 7.92. The molecule has 0 spiro atoms. The first kappa shape index (κ1) is 16.9. The molecule has 0 aromatic rings. The fraction of sp³-hybridized carbons (Fsp3) is 1.00. The highest BCUT2D eigenvalue weighted by Gasteiger charge is 2.20. The molecule has 0 bridgehead atoms. The lowest BCUT2D eigenvalue weighted by Gasteiger charge is -2.33. The van der Waals surface area contributed by atoms with Crippen LogP contribution in [-0.4, -0.2) is 37.6 Å². The quantitative estimate of drug-likeness (QED) is 0.667. The summed E-state index contributed by atoms with van der Waals surface area (Å²) in [6.45, 7) is 12.6. The van der Waals surface area contributed by atoms with E-state index in [1.54, 1.807) is 0 Å². The topological polar surface area (TPSA) is 15.3 Å². The van der Waals surface area contributed by atoms with E-state index >= 15 is 0 Å². The molecule has 0 saturated heterocycles. The molecule has 104 valence electrons. The highest BCUT2D eigenvalue weighted by molar-refractivity contribution is 4.78. The number of hydrogen-bond donors (Lipinski definition) is 1. The van der Waals surface area contributed by atoms with Gasteiger partial charge >= 0.3 is 0 Å². The Bertz CT molecular complexity index is 174. The average molecular weight is 242 g/mol. The molecule has 0 saturated carbocycles. The molecule has 0 aromatic carbocycles. The SMILES string of the molecule is CCC(CC)C(CNC(C)CC(C)C)N(C)C. The van der Waals surface area contributed by atoms with Crippen LogP contribution < -0.4 is 5.32 Å². The first-order valence-electron chi connectivity index (χ1n) is 7.32. The largest absolute Gasteiger partial charge is 0.313 e. The molecule has 2 nitrogen and oxygen atoms in total. The van der Waals surface area contributed by atoms with Gasteiger partial charge in [0, 0.05) is 18.6 Å². The van der Waals surface area contributed by atoms with Crippen molar-refractivity contribution in [2.24, 2.45) is 11.8 Å². The molecule has 17 heavy (non-hydrogen) atoms. The molecular weight excluding hydrogens is 208 g/mol. The fourth-order valence-electron chi connectivity index (χ4n) is 2.72. The zero-order valence-electron chi connectivity index (χ0n) is 13.1. The molecule has 2 atom stereocenters. The molecule has 0 amide bonds. The van der Waals surface area contributed by atoms with Crippen molar-refractivity contribution in [1.82, 2.24) is 10.2 Å². The van der Waals surface area contributed by atoms with Crippen LogP contribution in [0.5, 0.6) is 0 Å². The molecule has 0 rings (SSSR count). The molecule has 0 aliphatic rings. The Labute approximate surface area is 109 Å². The van der Waals surface area contributed by atoms with Crippen LogP contribution in [0.3, 0.4) is 0 Å². The molecule has 0 fully saturated rings. The van der Waals surface area contributed by atoms with Gasteiger partial charge in [0.25, 0.3) is 0 Å². The van der Waals surface area contributed by atoms with Crippen LogP contribution in [0.15, 0.2) is 0 Å². The third-order valence-corrected chi connectivity index (χ3v) is 3.76. The monoisotopic (exact) mass is 242 g/mol. The van der Waals surface area contributed by atoms with Gasteiger partial charge in [0.1, 0.15) is 0 Å².